The SMILES string of the molecule is CCOC(=O)C12Cc3c([nH]c4ccccc34)C(C)(N1)[C@@H]([N+](=O)[O-])[C@@H]2c1c(Cl)cccc1Cl. The standard InChI is InChI=1S/C23H21Cl2N3O4/c1-3-32-21(29)23-11-13-12-7-4-5-10-16(12)26-19(13)22(2,27-23)20(28(30)31)18(23)17-14(24)8-6-9-15(17)25/h4-10,18,20,26-27H,3,11H2,1-2H3/t18-,20-,22?,23?/m0/s1. The molecule has 2 N–H and O–H groups in total. The summed E-state index contributed by atoms with van der Waals surface area (Å²) in [5, 5.41) is 17.5. The first-order valence-corrected chi connectivity index (χ1v) is 11.1. The fraction of sp³-hybridized carbons (Fsp3) is 0.348. The van der Waals surface area contributed by atoms with Crippen LogP contribution in [0.25, 0.3) is 10.9 Å². The number of fused-ring (bicyclic) bond motifs is 6. The van der Waals surface area contributed by atoms with Crippen molar-refractivity contribution in [2.75, 3.05) is 6.61 Å². The number of aromatic amines is 1. The molecular weight excluding hydrogens is 453 g/mol. The monoisotopic (exact) mass is 473 g/mol. The van der Waals surface area contributed by atoms with Gasteiger partial charge in [0.1, 0.15) is 11.1 Å². The molecule has 166 valence electrons. The lowest BCUT2D eigenvalue weighted by Crippen LogP contribution is -2.60. The third kappa shape index (κ3) is 2.68. The predicted octanol–water partition coefficient (Wildman–Crippen LogP) is 4.58. The molecule has 32 heavy (non-hydrogen) atoms. The van der Waals surface area contributed by atoms with Gasteiger partial charge in [0.05, 0.1) is 12.5 Å². The van der Waals surface area contributed by atoms with Gasteiger partial charge in [-0.25, -0.2) is 0 Å². The highest BCUT2D eigenvalue weighted by molar-refractivity contribution is 6.36. The molecule has 9 heteroatoms. The van der Waals surface area contributed by atoms with Gasteiger partial charge in [0, 0.05) is 43.5 Å². The van der Waals surface area contributed by atoms with Gasteiger partial charge < -0.3 is 9.72 Å². The summed E-state index contributed by atoms with van der Waals surface area (Å²) in [5.41, 5.74) is 0.224. The minimum absolute atomic E-state index is 0.145. The number of esters is 1. The zero-order chi connectivity index (χ0) is 22.8. The second-order valence-electron chi connectivity index (χ2n) is 8.56. The normalized spacial score (nSPS) is 28.5. The van der Waals surface area contributed by atoms with Crippen LogP contribution in [0.15, 0.2) is 42.5 Å². The van der Waals surface area contributed by atoms with Gasteiger partial charge >= 0.3 is 5.97 Å². The highest BCUT2D eigenvalue weighted by Gasteiger charge is 2.73. The quantitative estimate of drug-likeness (QED) is 0.328. The number of nitrogens with zero attached hydrogens (tertiary/aromatic N) is 1. The van der Waals surface area contributed by atoms with Gasteiger partial charge in [-0.2, -0.15) is 0 Å². The lowest BCUT2D eigenvalue weighted by molar-refractivity contribution is -0.535. The first-order valence-electron chi connectivity index (χ1n) is 10.4. The molecule has 5 rings (SSSR count). The maximum atomic E-state index is 13.6. The van der Waals surface area contributed by atoms with E-state index in [4.69, 9.17) is 27.9 Å². The molecule has 4 atom stereocenters. The molecular formula is C23H21Cl2N3O4. The van der Waals surface area contributed by atoms with Crippen LogP contribution in [0.5, 0.6) is 0 Å². The molecule has 2 aliphatic rings. The van der Waals surface area contributed by atoms with Gasteiger partial charge in [-0.15, -0.1) is 0 Å². The van der Waals surface area contributed by atoms with E-state index in [-0.39, 0.29) is 28.0 Å². The van der Waals surface area contributed by atoms with E-state index in [2.05, 4.69) is 10.3 Å². The van der Waals surface area contributed by atoms with Crippen LogP contribution in [-0.2, 0) is 21.5 Å². The van der Waals surface area contributed by atoms with Gasteiger partial charge in [-0.3, -0.25) is 20.2 Å². The van der Waals surface area contributed by atoms with E-state index in [0.29, 0.717) is 11.3 Å². The van der Waals surface area contributed by atoms with E-state index in [0.717, 1.165) is 16.5 Å². The Morgan fingerprint density at radius 1 is 1.22 bits per heavy atom. The molecule has 7 nitrogen and oxygen atoms in total. The number of hydrogen-bond acceptors (Lipinski definition) is 5. The van der Waals surface area contributed by atoms with Crippen molar-refractivity contribution in [2.24, 2.45) is 0 Å². The van der Waals surface area contributed by atoms with Crippen LogP contribution in [-0.4, -0.2) is 34.1 Å². The first kappa shape index (κ1) is 21.2. The van der Waals surface area contributed by atoms with Crippen LogP contribution >= 0.6 is 23.2 Å². The number of nitrogens with one attached hydrogen (secondary N) is 2. The molecule has 0 radical (unpaired) electrons. The first-order chi connectivity index (χ1) is 15.2. The predicted molar refractivity (Wildman–Crippen MR) is 122 cm³/mol. The molecule has 1 fully saturated rings. The number of para-hydroxylation sites is 1. The van der Waals surface area contributed by atoms with Crippen LogP contribution in [0, 0.1) is 10.1 Å². The Morgan fingerprint density at radius 2 is 1.91 bits per heavy atom. The average Bonchev–Trinajstić information content (AvgIpc) is 3.22. The van der Waals surface area contributed by atoms with Crippen LogP contribution in [0.2, 0.25) is 10.0 Å². The topological polar surface area (TPSA) is 97.3 Å². The summed E-state index contributed by atoms with van der Waals surface area (Å²) in [6, 6.07) is 11.4. The number of aromatic nitrogens is 1. The number of nitro groups is 1. The Morgan fingerprint density at radius 3 is 2.56 bits per heavy atom. The zero-order valence-electron chi connectivity index (χ0n) is 17.4. The maximum absolute atomic E-state index is 13.6. The summed E-state index contributed by atoms with van der Waals surface area (Å²) >= 11 is 13.1. The van der Waals surface area contributed by atoms with Crippen LogP contribution in [0.3, 0.4) is 0 Å². The van der Waals surface area contributed by atoms with E-state index in [1.54, 1.807) is 32.0 Å². The number of carbonyl (C=O) groups excluding carboxylic acids is 1. The van der Waals surface area contributed by atoms with Crippen molar-refractivity contribution in [3.05, 3.63) is 79.4 Å². The summed E-state index contributed by atoms with van der Waals surface area (Å²) in [6.45, 7) is 3.61. The molecule has 2 aliphatic heterocycles. The number of halogens is 2. The molecule has 2 aromatic carbocycles. The molecule has 1 saturated heterocycles. The molecule has 0 aliphatic carbocycles. The van der Waals surface area contributed by atoms with E-state index in [9.17, 15) is 14.9 Å². The van der Waals surface area contributed by atoms with Gasteiger partial charge in [-0.1, -0.05) is 47.5 Å². The Hall–Kier alpha value is -2.61. The molecule has 2 bridgehead atoms. The van der Waals surface area contributed by atoms with Crippen molar-refractivity contribution in [3.8, 4) is 0 Å². The third-order valence-corrected chi connectivity index (χ3v) is 7.55. The lowest BCUT2D eigenvalue weighted by Gasteiger charge is -2.38. The van der Waals surface area contributed by atoms with Crippen LogP contribution in [0.4, 0.5) is 0 Å². The number of H-pyrrole nitrogens is 1. The van der Waals surface area contributed by atoms with Crippen molar-refractivity contribution in [1.29, 1.82) is 0 Å². The second-order valence-corrected chi connectivity index (χ2v) is 9.38. The highest BCUT2D eigenvalue weighted by atomic mass is 35.5. The number of benzene rings is 2. The molecule has 0 spiro atoms. The van der Waals surface area contributed by atoms with Crippen molar-refractivity contribution in [1.82, 2.24) is 10.3 Å². The number of carbonyl (C=O) groups is 1. The molecule has 0 saturated carbocycles. The number of hydrogen-bond donors (Lipinski definition) is 2. The summed E-state index contributed by atoms with van der Waals surface area (Å²) in [6.07, 6.45) is 0.206. The van der Waals surface area contributed by atoms with E-state index >= 15 is 0 Å². The maximum Gasteiger partial charge on any atom is 0.327 e. The fourth-order valence-electron chi connectivity index (χ4n) is 5.74. The van der Waals surface area contributed by atoms with Crippen LogP contribution < -0.4 is 5.32 Å². The molecule has 2 unspecified atom stereocenters. The fourth-order valence-corrected chi connectivity index (χ4v) is 6.38. The summed E-state index contributed by atoms with van der Waals surface area (Å²) in [7, 11) is 0. The molecule has 3 heterocycles. The van der Waals surface area contributed by atoms with Gasteiger partial charge in [0.2, 0.25) is 6.04 Å². The minimum atomic E-state index is -1.41. The van der Waals surface area contributed by atoms with Crippen molar-refractivity contribution in [2.45, 2.75) is 43.3 Å². The molecule has 0 amide bonds. The number of ether oxygens (including phenoxy) is 1. The molecule has 3 aromatic rings. The summed E-state index contributed by atoms with van der Waals surface area (Å²) in [5.74, 6) is -1.49. The smallest absolute Gasteiger partial charge is 0.327 e. The van der Waals surface area contributed by atoms with E-state index in [1.807, 2.05) is 24.3 Å². The van der Waals surface area contributed by atoms with Crippen molar-refractivity contribution < 1.29 is 14.5 Å². The Bertz CT molecular complexity index is 1260. The zero-order valence-corrected chi connectivity index (χ0v) is 19.0. The highest BCUT2D eigenvalue weighted by Crippen LogP contribution is 2.57. The van der Waals surface area contributed by atoms with Gasteiger partial charge in [0.25, 0.3) is 0 Å². The van der Waals surface area contributed by atoms with Crippen molar-refractivity contribution in [3.63, 3.8) is 0 Å². The minimum Gasteiger partial charge on any atom is -0.465 e. The third-order valence-electron chi connectivity index (χ3n) is 6.89. The van der Waals surface area contributed by atoms with E-state index in [1.165, 1.54) is 0 Å². The van der Waals surface area contributed by atoms with Gasteiger partial charge in [-0.05, 0) is 37.6 Å². The Labute approximate surface area is 194 Å². The van der Waals surface area contributed by atoms with Crippen LogP contribution in [0.1, 0.15) is 36.6 Å². The number of rotatable bonds is 4. The second kappa shape index (κ2) is 7.20. The largest absolute Gasteiger partial charge is 0.465 e. The van der Waals surface area contributed by atoms with E-state index < -0.39 is 29.0 Å². The average molecular weight is 474 g/mol. The van der Waals surface area contributed by atoms with Gasteiger partial charge in [0.15, 0.2) is 0 Å². The van der Waals surface area contributed by atoms with Crippen molar-refractivity contribution >= 4 is 40.1 Å². The Kier molecular flexibility index (Phi) is 4.78. The Balaban J connectivity index is 1.85. The summed E-state index contributed by atoms with van der Waals surface area (Å²) < 4.78 is 5.49. The summed E-state index contributed by atoms with van der Waals surface area (Å²) in [4.78, 5) is 29.2. The lowest BCUT2D eigenvalue weighted by atomic mass is 9.75. The molecule has 1 aromatic heterocycles.